The van der Waals surface area contributed by atoms with Crippen molar-refractivity contribution >= 4 is 23.7 Å². The molecule has 0 amide bonds. The Labute approximate surface area is 106 Å². The van der Waals surface area contributed by atoms with Crippen LogP contribution in [0.5, 0.6) is 0 Å². The Bertz CT molecular complexity index is 430. The molecule has 0 saturated heterocycles. The molecule has 0 aliphatic heterocycles. The Kier molecular flexibility index (Phi) is 3.62. The third-order valence-corrected chi connectivity index (χ3v) is 3.60. The zero-order valence-electron chi connectivity index (χ0n) is 10.1. The predicted octanol–water partition coefficient (Wildman–Crippen LogP) is 2.63. The van der Waals surface area contributed by atoms with E-state index in [1.807, 2.05) is 7.05 Å². The molecular formula is C12H16ClN3O. The van der Waals surface area contributed by atoms with Gasteiger partial charge in [0.25, 0.3) is 0 Å². The van der Waals surface area contributed by atoms with Gasteiger partial charge in [0.1, 0.15) is 16.8 Å². The summed E-state index contributed by atoms with van der Waals surface area (Å²) in [4.78, 5) is 21.5. The maximum atomic E-state index is 11.1. The molecule has 1 aliphatic rings. The van der Waals surface area contributed by atoms with Crippen molar-refractivity contribution in [1.82, 2.24) is 9.97 Å². The van der Waals surface area contributed by atoms with Crippen LogP contribution in [0.15, 0.2) is 0 Å². The number of hydrogen-bond donors (Lipinski definition) is 0. The van der Waals surface area contributed by atoms with Crippen LogP contribution in [0, 0.1) is 6.92 Å². The molecule has 0 atom stereocenters. The van der Waals surface area contributed by atoms with E-state index in [2.05, 4.69) is 14.9 Å². The molecule has 1 fully saturated rings. The van der Waals surface area contributed by atoms with Crippen LogP contribution in [-0.2, 0) is 0 Å². The molecular weight excluding hydrogens is 238 g/mol. The summed E-state index contributed by atoms with van der Waals surface area (Å²) in [5, 5.41) is 0.243. The molecule has 0 radical (unpaired) electrons. The third kappa shape index (κ3) is 2.41. The van der Waals surface area contributed by atoms with Crippen molar-refractivity contribution in [3.8, 4) is 0 Å². The summed E-state index contributed by atoms with van der Waals surface area (Å²) in [6.07, 6.45) is 5.51. The number of carbonyl (C=O) groups excluding carboxylic acids is 1. The minimum atomic E-state index is 0.243. The number of aromatic nitrogens is 2. The van der Waals surface area contributed by atoms with Gasteiger partial charge in [-0.1, -0.05) is 24.4 Å². The summed E-state index contributed by atoms with van der Waals surface area (Å²) in [6.45, 7) is 1.78. The van der Waals surface area contributed by atoms with E-state index in [9.17, 15) is 4.79 Å². The SMILES string of the molecule is Cc1nc(Cl)c(C=O)c(N(C)C2CCCC2)n1. The highest BCUT2D eigenvalue weighted by molar-refractivity contribution is 6.32. The first-order chi connectivity index (χ1) is 8.13. The average Bonchev–Trinajstić information content (AvgIpc) is 2.80. The van der Waals surface area contributed by atoms with Crippen molar-refractivity contribution in [2.24, 2.45) is 0 Å². The van der Waals surface area contributed by atoms with Crippen LogP contribution in [0.3, 0.4) is 0 Å². The van der Waals surface area contributed by atoms with Gasteiger partial charge in [-0.2, -0.15) is 0 Å². The molecule has 1 saturated carbocycles. The number of halogens is 1. The summed E-state index contributed by atoms with van der Waals surface area (Å²) >= 11 is 5.98. The maximum absolute atomic E-state index is 11.1. The molecule has 5 heteroatoms. The fourth-order valence-corrected chi connectivity index (χ4v) is 2.62. The zero-order chi connectivity index (χ0) is 12.4. The molecule has 2 rings (SSSR count). The second-order valence-electron chi connectivity index (χ2n) is 4.47. The summed E-state index contributed by atoms with van der Waals surface area (Å²) in [5.41, 5.74) is 0.395. The number of aryl methyl sites for hydroxylation is 1. The molecule has 92 valence electrons. The molecule has 1 aromatic heterocycles. The summed E-state index contributed by atoms with van der Waals surface area (Å²) in [6, 6.07) is 0.457. The molecule has 1 heterocycles. The highest BCUT2D eigenvalue weighted by Crippen LogP contribution is 2.29. The Balaban J connectivity index is 2.38. The monoisotopic (exact) mass is 253 g/mol. The van der Waals surface area contributed by atoms with Crippen LogP contribution in [0.1, 0.15) is 41.9 Å². The lowest BCUT2D eigenvalue weighted by Crippen LogP contribution is -2.31. The largest absolute Gasteiger partial charge is 0.356 e. The van der Waals surface area contributed by atoms with Crippen LogP contribution in [0.25, 0.3) is 0 Å². The van der Waals surface area contributed by atoms with Gasteiger partial charge in [-0.3, -0.25) is 4.79 Å². The Morgan fingerprint density at radius 3 is 2.59 bits per heavy atom. The van der Waals surface area contributed by atoms with E-state index in [0.717, 1.165) is 19.1 Å². The van der Waals surface area contributed by atoms with Crippen molar-refractivity contribution in [2.45, 2.75) is 38.6 Å². The molecule has 17 heavy (non-hydrogen) atoms. The van der Waals surface area contributed by atoms with E-state index in [1.54, 1.807) is 6.92 Å². The average molecular weight is 254 g/mol. The first kappa shape index (κ1) is 12.3. The lowest BCUT2D eigenvalue weighted by Gasteiger charge is -2.26. The molecule has 1 aliphatic carbocycles. The van der Waals surface area contributed by atoms with E-state index < -0.39 is 0 Å². The van der Waals surface area contributed by atoms with E-state index in [1.165, 1.54) is 12.8 Å². The smallest absolute Gasteiger partial charge is 0.156 e. The van der Waals surface area contributed by atoms with Gasteiger partial charge in [0.05, 0.1) is 5.56 Å². The van der Waals surface area contributed by atoms with Crippen LogP contribution < -0.4 is 4.90 Å². The van der Waals surface area contributed by atoms with Crippen molar-refractivity contribution in [2.75, 3.05) is 11.9 Å². The Hall–Kier alpha value is -1.16. The number of aldehydes is 1. The van der Waals surface area contributed by atoms with Gasteiger partial charge in [-0.15, -0.1) is 0 Å². The molecule has 4 nitrogen and oxygen atoms in total. The van der Waals surface area contributed by atoms with Crippen molar-refractivity contribution in [3.63, 3.8) is 0 Å². The summed E-state index contributed by atoms with van der Waals surface area (Å²) in [7, 11) is 1.97. The number of anilines is 1. The van der Waals surface area contributed by atoms with Crippen molar-refractivity contribution < 1.29 is 4.79 Å². The summed E-state index contributed by atoms with van der Waals surface area (Å²) in [5.74, 6) is 1.25. The Morgan fingerprint density at radius 1 is 1.35 bits per heavy atom. The first-order valence-electron chi connectivity index (χ1n) is 5.85. The third-order valence-electron chi connectivity index (χ3n) is 3.32. The number of hydrogen-bond acceptors (Lipinski definition) is 4. The van der Waals surface area contributed by atoms with Gasteiger partial charge in [-0.05, 0) is 19.8 Å². The van der Waals surface area contributed by atoms with Gasteiger partial charge in [0, 0.05) is 13.1 Å². The maximum Gasteiger partial charge on any atom is 0.156 e. The van der Waals surface area contributed by atoms with Crippen LogP contribution in [0.4, 0.5) is 5.82 Å². The van der Waals surface area contributed by atoms with Crippen LogP contribution >= 0.6 is 11.6 Å². The molecule has 1 aromatic rings. The lowest BCUT2D eigenvalue weighted by atomic mass is 10.2. The number of carbonyl (C=O) groups is 1. The standard InChI is InChI=1S/C12H16ClN3O/c1-8-14-11(13)10(7-17)12(15-8)16(2)9-5-3-4-6-9/h7,9H,3-6H2,1-2H3. The Morgan fingerprint density at radius 2 is 2.00 bits per heavy atom. The molecule has 0 unspecified atom stereocenters. The topological polar surface area (TPSA) is 46.1 Å². The molecule has 0 bridgehead atoms. The second kappa shape index (κ2) is 5.00. The van der Waals surface area contributed by atoms with Gasteiger partial charge >= 0.3 is 0 Å². The predicted molar refractivity (Wildman–Crippen MR) is 67.8 cm³/mol. The molecule has 0 spiro atoms. The summed E-state index contributed by atoms with van der Waals surface area (Å²) < 4.78 is 0. The van der Waals surface area contributed by atoms with E-state index >= 15 is 0 Å². The first-order valence-corrected chi connectivity index (χ1v) is 6.23. The quantitative estimate of drug-likeness (QED) is 0.614. The van der Waals surface area contributed by atoms with Gasteiger partial charge < -0.3 is 4.90 Å². The van der Waals surface area contributed by atoms with Crippen LogP contribution in [0.2, 0.25) is 5.15 Å². The fourth-order valence-electron chi connectivity index (χ4n) is 2.37. The minimum absolute atomic E-state index is 0.243. The molecule has 0 aromatic carbocycles. The lowest BCUT2D eigenvalue weighted by molar-refractivity contribution is 0.112. The van der Waals surface area contributed by atoms with E-state index in [-0.39, 0.29) is 5.15 Å². The van der Waals surface area contributed by atoms with Crippen molar-refractivity contribution in [1.29, 1.82) is 0 Å². The van der Waals surface area contributed by atoms with E-state index in [4.69, 9.17) is 11.6 Å². The number of rotatable bonds is 3. The molecule has 0 N–H and O–H groups in total. The van der Waals surface area contributed by atoms with Crippen LogP contribution in [-0.4, -0.2) is 29.3 Å². The minimum Gasteiger partial charge on any atom is -0.356 e. The highest BCUT2D eigenvalue weighted by Gasteiger charge is 2.24. The fraction of sp³-hybridized carbons (Fsp3) is 0.583. The number of nitrogens with zero attached hydrogens (tertiary/aromatic N) is 3. The van der Waals surface area contributed by atoms with E-state index in [0.29, 0.717) is 23.2 Å². The zero-order valence-corrected chi connectivity index (χ0v) is 10.9. The normalized spacial score (nSPS) is 16.2. The second-order valence-corrected chi connectivity index (χ2v) is 4.82. The highest BCUT2D eigenvalue weighted by atomic mass is 35.5. The van der Waals surface area contributed by atoms with Gasteiger partial charge in [0.15, 0.2) is 6.29 Å². The van der Waals surface area contributed by atoms with Gasteiger partial charge in [-0.25, -0.2) is 9.97 Å². The van der Waals surface area contributed by atoms with Crippen molar-refractivity contribution in [3.05, 3.63) is 16.5 Å². The van der Waals surface area contributed by atoms with Gasteiger partial charge in [0.2, 0.25) is 0 Å².